The molecule has 0 heterocycles. The topological polar surface area (TPSA) is 75.4 Å². The number of rotatable bonds is 4. The molecule has 7 heteroatoms. The van der Waals surface area contributed by atoms with E-state index in [0.717, 1.165) is 12.1 Å². The third-order valence-electron chi connectivity index (χ3n) is 2.65. The number of para-hydroxylation sites is 1. The minimum Gasteiger partial charge on any atom is -0.506 e. The van der Waals surface area contributed by atoms with Gasteiger partial charge >= 0.3 is 0 Å². The predicted molar refractivity (Wildman–Crippen MR) is 73.5 cm³/mol. The number of nitrogens with zero attached hydrogens (tertiary/aromatic N) is 1. The summed E-state index contributed by atoms with van der Waals surface area (Å²) in [6.45, 7) is 0.160. The van der Waals surface area contributed by atoms with E-state index in [1.807, 2.05) is 0 Å². The molecule has 2 N–H and O–H groups in total. The van der Waals surface area contributed by atoms with Gasteiger partial charge in [0.1, 0.15) is 11.6 Å². The van der Waals surface area contributed by atoms with Crippen LogP contribution in [-0.4, -0.2) is 10.0 Å². The minimum absolute atomic E-state index is 0.0763. The molecule has 0 aliphatic heterocycles. The third-order valence-corrected chi connectivity index (χ3v) is 2.95. The lowest BCUT2D eigenvalue weighted by Crippen LogP contribution is -2.01. The number of nitro benzene ring substituents is 1. The SMILES string of the molecule is O=[N+]([O-])c1cc(F)cc(NCc2cccc(Cl)c2O)c1. The second-order valence-electron chi connectivity index (χ2n) is 4.06. The van der Waals surface area contributed by atoms with Crippen molar-refractivity contribution in [1.29, 1.82) is 0 Å². The number of phenols is 1. The van der Waals surface area contributed by atoms with Crippen LogP contribution in [0.5, 0.6) is 5.75 Å². The number of aromatic hydroxyl groups is 1. The Morgan fingerprint density at radius 1 is 1.35 bits per heavy atom. The van der Waals surface area contributed by atoms with Gasteiger partial charge in [-0.1, -0.05) is 23.7 Å². The maximum atomic E-state index is 13.2. The first-order chi connectivity index (χ1) is 9.47. The number of halogens is 2. The smallest absolute Gasteiger partial charge is 0.274 e. The van der Waals surface area contributed by atoms with E-state index in [4.69, 9.17) is 11.6 Å². The summed E-state index contributed by atoms with van der Waals surface area (Å²) in [5, 5.41) is 23.4. The highest BCUT2D eigenvalue weighted by molar-refractivity contribution is 6.32. The monoisotopic (exact) mass is 296 g/mol. The molecule has 0 spiro atoms. The fourth-order valence-electron chi connectivity index (χ4n) is 1.68. The van der Waals surface area contributed by atoms with Crippen LogP contribution < -0.4 is 5.32 Å². The van der Waals surface area contributed by atoms with E-state index in [1.165, 1.54) is 12.1 Å². The number of anilines is 1. The Balaban J connectivity index is 2.19. The Morgan fingerprint density at radius 2 is 2.10 bits per heavy atom. The summed E-state index contributed by atoms with van der Waals surface area (Å²) in [6.07, 6.45) is 0. The zero-order valence-electron chi connectivity index (χ0n) is 10.1. The highest BCUT2D eigenvalue weighted by Gasteiger charge is 2.10. The highest BCUT2D eigenvalue weighted by Crippen LogP contribution is 2.28. The van der Waals surface area contributed by atoms with Gasteiger partial charge in [-0.05, 0) is 12.1 Å². The summed E-state index contributed by atoms with van der Waals surface area (Å²) in [5.74, 6) is -0.787. The first-order valence-electron chi connectivity index (χ1n) is 5.62. The van der Waals surface area contributed by atoms with E-state index in [9.17, 15) is 19.6 Å². The second kappa shape index (κ2) is 5.75. The molecular weight excluding hydrogens is 287 g/mol. The molecule has 2 rings (SSSR count). The zero-order chi connectivity index (χ0) is 14.7. The molecule has 104 valence electrons. The molecule has 20 heavy (non-hydrogen) atoms. The fourth-order valence-corrected chi connectivity index (χ4v) is 1.88. The van der Waals surface area contributed by atoms with Crippen LogP contribution in [0.4, 0.5) is 15.8 Å². The van der Waals surface area contributed by atoms with Crippen molar-refractivity contribution < 1.29 is 14.4 Å². The van der Waals surface area contributed by atoms with Gasteiger partial charge in [-0.15, -0.1) is 0 Å². The summed E-state index contributed by atoms with van der Waals surface area (Å²) in [7, 11) is 0. The largest absolute Gasteiger partial charge is 0.506 e. The Kier molecular flexibility index (Phi) is 4.05. The number of hydrogen-bond donors (Lipinski definition) is 2. The van der Waals surface area contributed by atoms with Gasteiger partial charge in [-0.25, -0.2) is 4.39 Å². The molecule has 0 bridgehead atoms. The van der Waals surface area contributed by atoms with Gasteiger partial charge in [0.2, 0.25) is 0 Å². The molecule has 2 aromatic rings. The van der Waals surface area contributed by atoms with E-state index >= 15 is 0 Å². The van der Waals surface area contributed by atoms with Crippen molar-refractivity contribution in [1.82, 2.24) is 0 Å². The lowest BCUT2D eigenvalue weighted by atomic mass is 10.2. The number of nitrogens with one attached hydrogen (secondary N) is 1. The fraction of sp³-hybridized carbons (Fsp3) is 0.0769. The second-order valence-corrected chi connectivity index (χ2v) is 4.46. The average molecular weight is 297 g/mol. The molecule has 0 aliphatic rings. The molecular formula is C13H10ClFN2O3. The first kappa shape index (κ1) is 14.1. The Morgan fingerprint density at radius 3 is 2.80 bits per heavy atom. The third kappa shape index (κ3) is 3.16. The van der Waals surface area contributed by atoms with Gasteiger partial charge < -0.3 is 10.4 Å². The summed E-state index contributed by atoms with van der Waals surface area (Å²) in [6, 6.07) is 8.02. The Hall–Kier alpha value is -2.34. The highest BCUT2D eigenvalue weighted by atomic mass is 35.5. The van der Waals surface area contributed by atoms with Crippen LogP contribution in [0, 0.1) is 15.9 Å². The molecule has 0 unspecified atom stereocenters. The van der Waals surface area contributed by atoms with Crippen LogP contribution in [0.15, 0.2) is 36.4 Å². The zero-order valence-corrected chi connectivity index (χ0v) is 10.9. The normalized spacial score (nSPS) is 10.3. The van der Waals surface area contributed by atoms with E-state index in [2.05, 4.69) is 5.32 Å². The van der Waals surface area contributed by atoms with Crippen LogP contribution in [-0.2, 0) is 6.54 Å². The van der Waals surface area contributed by atoms with Gasteiger partial charge in [0.05, 0.1) is 16.0 Å². The van der Waals surface area contributed by atoms with Crippen LogP contribution in [0.1, 0.15) is 5.56 Å². The van der Waals surface area contributed by atoms with Crippen molar-refractivity contribution in [3.05, 3.63) is 62.9 Å². The van der Waals surface area contributed by atoms with Crippen molar-refractivity contribution in [3.8, 4) is 5.75 Å². The molecule has 0 saturated carbocycles. The summed E-state index contributed by atoms with van der Waals surface area (Å²) in [4.78, 5) is 9.96. The van der Waals surface area contributed by atoms with Crippen LogP contribution in [0.2, 0.25) is 5.02 Å². The summed E-state index contributed by atoms with van der Waals surface area (Å²) in [5.41, 5.74) is 0.406. The number of nitro groups is 1. The summed E-state index contributed by atoms with van der Waals surface area (Å²) >= 11 is 5.76. The first-order valence-corrected chi connectivity index (χ1v) is 6.00. The maximum absolute atomic E-state index is 13.2. The molecule has 0 aliphatic carbocycles. The predicted octanol–water partition coefficient (Wildman–Crippen LogP) is 3.71. The van der Waals surface area contributed by atoms with E-state index in [0.29, 0.717) is 5.56 Å². The quantitative estimate of drug-likeness (QED) is 0.666. The van der Waals surface area contributed by atoms with Crippen LogP contribution >= 0.6 is 11.6 Å². The van der Waals surface area contributed by atoms with E-state index in [-0.39, 0.29) is 28.7 Å². The van der Waals surface area contributed by atoms with Crippen LogP contribution in [0.25, 0.3) is 0 Å². The molecule has 0 aromatic heterocycles. The van der Waals surface area contributed by atoms with Gasteiger partial charge in [-0.3, -0.25) is 10.1 Å². The van der Waals surface area contributed by atoms with Crippen molar-refractivity contribution in [2.24, 2.45) is 0 Å². The molecule has 0 saturated heterocycles. The van der Waals surface area contributed by atoms with E-state index in [1.54, 1.807) is 12.1 Å². The van der Waals surface area contributed by atoms with Crippen LogP contribution in [0.3, 0.4) is 0 Å². The molecule has 5 nitrogen and oxygen atoms in total. The minimum atomic E-state index is -0.711. The Labute approximate surface area is 118 Å². The number of benzene rings is 2. The maximum Gasteiger partial charge on any atom is 0.274 e. The lowest BCUT2D eigenvalue weighted by Gasteiger charge is -2.09. The van der Waals surface area contributed by atoms with E-state index < -0.39 is 10.7 Å². The summed E-state index contributed by atoms with van der Waals surface area (Å²) < 4.78 is 13.2. The molecule has 0 amide bonds. The molecule has 2 aromatic carbocycles. The standard InChI is InChI=1S/C13H10ClFN2O3/c14-12-3-1-2-8(13(12)18)7-16-10-4-9(15)5-11(6-10)17(19)20/h1-6,16,18H,7H2. The number of non-ortho nitro benzene ring substituents is 1. The van der Waals surface area contributed by atoms with Gasteiger partial charge in [0.15, 0.2) is 0 Å². The molecule has 0 radical (unpaired) electrons. The van der Waals surface area contributed by atoms with Crippen molar-refractivity contribution in [3.63, 3.8) is 0 Å². The van der Waals surface area contributed by atoms with Crippen molar-refractivity contribution in [2.45, 2.75) is 6.54 Å². The Bertz CT molecular complexity index is 664. The molecule has 0 fully saturated rings. The lowest BCUT2D eigenvalue weighted by molar-refractivity contribution is -0.385. The molecule has 0 atom stereocenters. The van der Waals surface area contributed by atoms with Gasteiger partial charge in [0.25, 0.3) is 5.69 Å². The number of hydrogen-bond acceptors (Lipinski definition) is 4. The van der Waals surface area contributed by atoms with Gasteiger partial charge in [-0.2, -0.15) is 0 Å². The average Bonchev–Trinajstić information content (AvgIpc) is 2.40. The number of phenolic OH excluding ortho intramolecular Hbond substituents is 1. The van der Waals surface area contributed by atoms with Crippen molar-refractivity contribution in [2.75, 3.05) is 5.32 Å². The van der Waals surface area contributed by atoms with Gasteiger partial charge in [0, 0.05) is 23.9 Å². The van der Waals surface area contributed by atoms with Crippen molar-refractivity contribution >= 4 is 23.0 Å².